The summed E-state index contributed by atoms with van der Waals surface area (Å²) in [4.78, 5) is 12.0. The Bertz CT molecular complexity index is 661. The highest BCUT2D eigenvalue weighted by atomic mass is 16.3. The maximum Gasteiger partial charge on any atom is 0.266 e. The van der Waals surface area contributed by atoms with E-state index in [0.717, 1.165) is 24.3 Å². The molecule has 2 aromatic rings. The van der Waals surface area contributed by atoms with Gasteiger partial charge in [0.25, 0.3) is 5.56 Å². The van der Waals surface area contributed by atoms with Gasteiger partial charge in [0.2, 0.25) is 0 Å². The van der Waals surface area contributed by atoms with Crippen molar-refractivity contribution in [1.82, 2.24) is 15.1 Å². The van der Waals surface area contributed by atoms with Crippen molar-refractivity contribution in [3.05, 3.63) is 52.8 Å². The van der Waals surface area contributed by atoms with E-state index in [9.17, 15) is 9.90 Å². The molecule has 21 heavy (non-hydrogen) atoms. The Hall–Kier alpha value is -1.98. The summed E-state index contributed by atoms with van der Waals surface area (Å²) >= 11 is 0. The highest BCUT2D eigenvalue weighted by molar-refractivity contribution is 5.57. The Kier molecular flexibility index (Phi) is 3.86. The minimum Gasteiger partial charge on any atom is -0.388 e. The quantitative estimate of drug-likeness (QED) is 0.884. The number of nitrogens with one attached hydrogen (secondary N) is 1. The molecule has 1 aliphatic heterocycles. The molecule has 0 spiro atoms. The van der Waals surface area contributed by atoms with Crippen LogP contribution in [0.1, 0.15) is 12.8 Å². The van der Waals surface area contributed by atoms with Gasteiger partial charge in [-0.1, -0.05) is 30.3 Å². The fourth-order valence-electron chi connectivity index (χ4n) is 2.65. The van der Waals surface area contributed by atoms with Crippen molar-refractivity contribution in [2.45, 2.75) is 25.0 Å². The van der Waals surface area contributed by atoms with Crippen molar-refractivity contribution in [2.24, 2.45) is 0 Å². The van der Waals surface area contributed by atoms with Crippen LogP contribution in [-0.4, -0.2) is 33.6 Å². The van der Waals surface area contributed by atoms with Crippen LogP contribution >= 0.6 is 0 Å². The largest absolute Gasteiger partial charge is 0.388 e. The van der Waals surface area contributed by atoms with Gasteiger partial charge in [0.1, 0.15) is 0 Å². The smallest absolute Gasteiger partial charge is 0.266 e. The van der Waals surface area contributed by atoms with E-state index in [-0.39, 0.29) is 12.1 Å². The summed E-state index contributed by atoms with van der Waals surface area (Å²) in [6.07, 6.45) is 1.27. The lowest BCUT2D eigenvalue weighted by molar-refractivity contribution is -0.00934. The predicted octanol–water partition coefficient (Wildman–Crippen LogP) is 1.02. The summed E-state index contributed by atoms with van der Waals surface area (Å²) in [5.41, 5.74) is 0.676. The lowest BCUT2D eigenvalue weighted by Crippen LogP contribution is -2.46. The molecule has 0 aliphatic carbocycles. The van der Waals surface area contributed by atoms with Crippen LogP contribution in [0.2, 0.25) is 0 Å². The molecule has 2 heterocycles. The number of rotatable bonds is 3. The molecule has 5 nitrogen and oxygen atoms in total. The SMILES string of the molecule is O=c1ccc(-c2ccccc2)nn1CC1(O)CCNCC1. The third kappa shape index (κ3) is 3.20. The van der Waals surface area contributed by atoms with E-state index in [1.807, 2.05) is 30.3 Å². The molecule has 5 heteroatoms. The van der Waals surface area contributed by atoms with Gasteiger partial charge in [-0.2, -0.15) is 5.10 Å². The average Bonchev–Trinajstić information content (AvgIpc) is 2.51. The Labute approximate surface area is 123 Å². The van der Waals surface area contributed by atoms with Gasteiger partial charge >= 0.3 is 0 Å². The number of hydrogen-bond donors (Lipinski definition) is 2. The van der Waals surface area contributed by atoms with E-state index < -0.39 is 5.60 Å². The van der Waals surface area contributed by atoms with Gasteiger partial charge in [-0.05, 0) is 32.0 Å². The molecule has 0 radical (unpaired) electrons. The summed E-state index contributed by atoms with van der Waals surface area (Å²) in [6.45, 7) is 1.78. The Balaban J connectivity index is 1.90. The van der Waals surface area contributed by atoms with Crippen molar-refractivity contribution in [2.75, 3.05) is 13.1 Å². The Morgan fingerprint density at radius 2 is 1.86 bits per heavy atom. The topological polar surface area (TPSA) is 67.2 Å². The highest BCUT2D eigenvalue weighted by Crippen LogP contribution is 2.20. The minimum absolute atomic E-state index is 0.179. The molecule has 1 saturated heterocycles. The normalized spacial score (nSPS) is 17.6. The van der Waals surface area contributed by atoms with Crippen molar-refractivity contribution < 1.29 is 5.11 Å². The third-order valence-corrected chi connectivity index (χ3v) is 3.91. The zero-order valence-corrected chi connectivity index (χ0v) is 11.8. The van der Waals surface area contributed by atoms with E-state index in [1.54, 1.807) is 6.07 Å². The highest BCUT2D eigenvalue weighted by Gasteiger charge is 2.30. The first kappa shape index (κ1) is 14.0. The van der Waals surface area contributed by atoms with Crippen molar-refractivity contribution in [3.8, 4) is 11.3 Å². The molecule has 0 amide bonds. The number of nitrogens with zero attached hydrogens (tertiary/aromatic N) is 2. The van der Waals surface area contributed by atoms with E-state index in [4.69, 9.17) is 0 Å². The van der Waals surface area contributed by atoms with Gasteiger partial charge in [0.05, 0.1) is 17.8 Å². The maximum absolute atomic E-state index is 12.0. The second-order valence-electron chi connectivity index (χ2n) is 5.55. The van der Waals surface area contributed by atoms with Crippen LogP contribution in [0.5, 0.6) is 0 Å². The van der Waals surface area contributed by atoms with Crippen molar-refractivity contribution in [3.63, 3.8) is 0 Å². The first-order valence-corrected chi connectivity index (χ1v) is 7.23. The van der Waals surface area contributed by atoms with Gasteiger partial charge < -0.3 is 10.4 Å². The third-order valence-electron chi connectivity index (χ3n) is 3.91. The number of benzene rings is 1. The number of aliphatic hydroxyl groups is 1. The molecule has 1 aromatic carbocycles. The molecular formula is C16H19N3O2. The van der Waals surface area contributed by atoms with Crippen LogP contribution in [-0.2, 0) is 6.54 Å². The zero-order valence-electron chi connectivity index (χ0n) is 11.8. The van der Waals surface area contributed by atoms with E-state index in [1.165, 1.54) is 10.7 Å². The molecule has 1 fully saturated rings. The van der Waals surface area contributed by atoms with Crippen molar-refractivity contribution in [1.29, 1.82) is 0 Å². The second kappa shape index (κ2) is 5.79. The summed E-state index contributed by atoms with van der Waals surface area (Å²) in [5.74, 6) is 0. The Morgan fingerprint density at radius 3 is 2.57 bits per heavy atom. The summed E-state index contributed by atoms with van der Waals surface area (Å²) in [6, 6.07) is 13.0. The Morgan fingerprint density at radius 1 is 1.14 bits per heavy atom. The molecule has 2 N–H and O–H groups in total. The standard InChI is InChI=1S/C16H19N3O2/c20-15-7-6-14(13-4-2-1-3-5-13)18-19(15)12-16(21)8-10-17-11-9-16/h1-7,17,21H,8-12H2. The molecule has 0 saturated carbocycles. The van der Waals surface area contributed by atoms with Crippen LogP contribution in [0.3, 0.4) is 0 Å². The molecule has 0 atom stereocenters. The van der Waals surface area contributed by atoms with Gasteiger partial charge in [-0.25, -0.2) is 4.68 Å². The first-order valence-electron chi connectivity index (χ1n) is 7.23. The molecule has 0 bridgehead atoms. The van der Waals surface area contributed by atoms with Crippen LogP contribution in [0.4, 0.5) is 0 Å². The molecule has 1 aliphatic rings. The number of hydrogen-bond acceptors (Lipinski definition) is 4. The van der Waals surface area contributed by atoms with E-state index in [0.29, 0.717) is 12.8 Å². The number of piperidine rings is 1. The second-order valence-corrected chi connectivity index (χ2v) is 5.55. The molecule has 110 valence electrons. The van der Waals surface area contributed by atoms with Gasteiger partial charge in [0, 0.05) is 11.6 Å². The lowest BCUT2D eigenvalue weighted by Gasteiger charge is -2.32. The summed E-state index contributed by atoms with van der Waals surface area (Å²) in [7, 11) is 0. The molecule has 0 unspecified atom stereocenters. The van der Waals surface area contributed by atoms with Crippen molar-refractivity contribution >= 4 is 0 Å². The fraction of sp³-hybridized carbons (Fsp3) is 0.375. The maximum atomic E-state index is 12.0. The van der Waals surface area contributed by atoms with Crippen LogP contribution < -0.4 is 10.9 Å². The molecule has 3 rings (SSSR count). The van der Waals surface area contributed by atoms with E-state index >= 15 is 0 Å². The van der Waals surface area contributed by atoms with Gasteiger partial charge in [-0.3, -0.25) is 4.79 Å². The summed E-state index contributed by atoms with van der Waals surface area (Å²) < 4.78 is 1.38. The number of aromatic nitrogens is 2. The predicted molar refractivity (Wildman–Crippen MR) is 81.0 cm³/mol. The lowest BCUT2D eigenvalue weighted by atomic mass is 9.92. The molecular weight excluding hydrogens is 266 g/mol. The van der Waals surface area contributed by atoms with Gasteiger partial charge in [-0.15, -0.1) is 0 Å². The van der Waals surface area contributed by atoms with Crippen LogP contribution in [0, 0.1) is 0 Å². The monoisotopic (exact) mass is 285 g/mol. The van der Waals surface area contributed by atoms with E-state index in [2.05, 4.69) is 10.4 Å². The average molecular weight is 285 g/mol. The van der Waals surface area contributed by atoms with Crippen LogP contribution in [0.15, 0.2) is 47.3 Å². The zero-order chi connectivity index (χ0) is 14.7. The first-order chi connectivity index (χ1) is 10.2. The van der Waals surface area contributed by atoms with Gasteiger partial charge in [0.15, 0.2) is 0 Å². The minimum atomic E-state index is -0.850. The van der Waals surface area contributed by atoms with Crippen LogP contribution in [0.25, 0.3) is 11.3 Å². The molecule has 1 aromatic heterocycles. The summed E-state index contributed by atoms with van der Waals surface area (Å²) in [5, 5.41) is 18.2. The fourth-order valence-corrected chi connectivity index (χ4v) is 2.65.